The van der Waals surface area contributed by atoms with Crippen LogP contribution in [0.1, 0.15) is 25.7 Å². The summed E-state index contributed by atoms with van der Waals surface area (Å²) >= 11 is 0. The Balaban J connectivity index is 1.86. The SMILES string of the molecule is CC(NC(=O)C(C)N1CCNCC1)c1ncc[nH]1. The molecule has 1 fully saturated rings. The lowest BCUT2D eigenvalue weighted by molar-refractivity contribution is -0.126. The first-order valence-corrected chi connectivity index (χ1v) is 6.43. The van der Waals surface area contributed by atoms with Gasteiger partial charge in [-0.15, -0.1) is 0 Å². The average molecular weight is 251 g/mol. The van der Waals surface area contributed by atoms with Gasteiger partial charge < -0.3 is 15.6 Å². The number of nitrogens with one attached hydrogen (secondary N) is 3. The zero-order valence-electron chi connectivity index (χ0n) is 10.9. The second-order valence-electron chi connectivity index (χ2n) is 4.67. The van der Waals surface area contributed by atoms with Crippen molar-refractivity contribution in [1.29, 1.82) is 0 Å². The van der Waals surface area contributed by atoms with Gasteiger partial charge in [0.05, 0.1) is 12.1 Å². The van der Waals surface area contributed by atoms with Gasteiger partial charge in [-0.05, 0) is 13.8 Å². The maximum atomic E-state index is 12.1. The molecular formula is C12H21N5O. The first-order chi connectivity index (χ1) is 8.68. The predicted molar refractivity (Wildman–Crippen MR) is 69.1 cm³/mol. The number of amides is 1. The smallest absolute Gasteiger partial charge is 0.237 e. The van der Waals surface area contributed by atoms with E-state index < -0.39 is 0 Å². The summed E-state index contributed by atoms with van der Waals surface area (Å²) in [6.07, 6.45) is 3.45. The fourth-order valence-corrected chi connectivity index (χ4v) is 2.15. The van der Waals surface area contributed by atoms with Crippen molar-refractivity contribution in [2.45, 2.75) is 25.9 Å². The minimum atomic E-state index is -0.0930. The molecule has 0 spiro atoms. The van der Waals surface area contributed by atoms with Crippen molar-refractivity contribution in [2.75, 3.05) is 26.2 Å². The lowest BCUT2D eigenvalue weighted by atomic mass is 10.2. The normalized spacial score (nSPS) is 20.3. The summed E-state index contributed by atoms with van der Waals surface area (Å²) in [6.45, 7) is 7.63. The first kappa shape index (κ1) is 13.0. The van der Waals surface area contributed by atoms with E-state index in [2.05, 4.69) is 25.5 Å². The number of aromatic nitrogens is 2. The Kier molecular flexibility index (Phi) is 4.33. The Morgan fingerprint density at radius 3 is 2.78 bits per heavy atom. The minimum absolute atomic E-state index is 0.0563. The number of hydrogen-bond donors (Lipinski definition) is 3. The zero-order chi connectivity index (χ0) is 13.0. The molecule has 3 N–H and O–H groups in total. The Labute approximate surface area is 107 Å². The number of imidazole rings is 1. The van der Waals surface area contributed by atoms with Crippen molar-refractivity contribution in [3.05, 3.63) is 18.2 Å². The van der Waals surface area contributed by atoms with Crippen LogP contribution in [0.5, 0.6) is 0 Å². The van der Waals surface area contributed by atoms with Gasteiger partial charge in [0, 0.05) is 38.6 Å². The van der Waals surface area contributed by atoms with Crippen molar-refractivity contribution >= 4 is 5.91 Å². The molecule has 1 aromatic rings. The van der Waals surface area contributed by atoms with E-state index in [1.165, 1.54) is 0 Å². The van der Waals surface area contributed by atoms with E-state index in [4.69, 9.17) is 0 Å². The topological polar surface area (TPSA) is 73.1 Å². The molecule has 0 radical (unpaired) electrons. The summed E-state index contributed by atoms with van der Waals surface area (Å²) < 4.78 is 0. The van der Waals surface area contributed by atoms with Crippen molar-refractivity contribution in [1.82, 2.24) is 25.5 Å². The molecule has 0 bridgehead atoms. The van der Waals surface area contributed by atoms with Crippen molar-refractivity contribution in [3.63, 3.8) is 0 Å². The summed E-state index contributed by atoms with van der Waals surface area (Å²) in [6, 6.07) is -0.178. The molecule has 1 aromatic heterocycles. The van der Waals surface area contributed by atoms with E-state index in [1.54, 1.807) is 12.4 Å². The molecule has 1 aliphatic heterocycles. The second kappa shape index (κ2) is 5.97. The lowest BCUT2D eigenvalue weighted by Crippen LogP contribution is -2.52. The molecule has 1 amide bonds. The van der Waals surface area contributed by atoms with Gasteiger partial charge in [-0.1, -0.05) is 0 Å². The van der Waals surface area contributed by atoms with E-state index >= 15 is 0 Å². The molecule has 1 saturated heterocycles. The van der Waals surface area contributed by atoms with Gasteiger partial charge >= 0.3 is 0 Å². The maximum absolute atomic E-state index is 12.1. The number of carbonyl (C=O) groups excluding carboxylic acids is 1. The van der Waals surface area contributed by atoms with Gasteiger partial charge in [0.15, 0.2) is 0 Å². The maximum Gasteiger partial charge on any atom is 0.237 e. The largest absolute Gasteiger partial charge is 0.347 e. The molecule has 0 aromatic carbocycles. The summed E-state index contributed by atoms with van der Waals surface area (Å²) in [7, 11) is 0. The molecule has 2 atom stereocenters. The molecule has 18 heavy (non-hydrogen) atoms. The fourth-order valence-electron chi connectivity index (χ4n) is 2.15. The highest BCUT2D eigenvalue weighted by Crippen LogP contribution is 2.07. The van der Waals surface area contributed by atoms with E-state index in [-0.39, 0.29) is 18.0 Å². The molecular weight excluding hydrogens is 230 g/mol. The Morgan fingerprint density at radius 1 is 1.44 bits per heavy atom. The molecule has 0 saturated carbocycles. The van der Waals surface area contributed by atoms with Crippen LogP contribution in [0.2, 0.25) is 0 Å². The number of hydrogen-bond acceptors (Lipinski definition) is 4. The van der Waals surface area contributed by atoms with E-state index in [9.17, 15) is 4.79 Å². The quantitative estimate of drug-likeness (QED) is 0.697. The number of aromatic amines is 1. The number of rotatable bonds is 4. The summed E-state index contributed by atoms with van der Waals surface area (Å²) in [5.41, 5.74) is 0. The van der Waals surface area contributed by atoms with Crippen LogP contribution in [0, 0.1) is 0 Å². The zero-order valence-corrected chi connectivity index (χ0v) is 10.9. The van der Waals surface area contributed by atoms with Gasteiger partial charge in [-0.25, -0.2) is 4.98 Å². The van der Waals surface area contributed by atoms with Gasteiger partial charge in [0.2, 0.25) is 5.91 Å². The van der Waals surface area contributed by atoms with Crippen LogP contribution in [0.15, 0.2) is 12.4 Å². The number of carbonyl (C=O) groups is 1. The average Bonchev–Trinajstić information content (AvgIpc) is 2.92. The van der Waals surface area contributed by atoms with Gasteiger partial charge in [0.25, 0.3) is 0 Å². The van der Waals surface area contributed by atoms with Crippen LogP contribution in [-0.4, -0.2) is 53.0 Å². The number of piperazine rings is 1. The van der Waals surface area contributed by atoms with Gasteiger partial charge in [0.1, 0.15) is 5.82 Å². The molecule has 100 valence electrons. The molecule has 2 unspecified atom stereocenters. The van der Waals surface area contributed by atoms with E-state index in [0.29, 0.717) is 0 Å². The van der Waals surface area contributed by atoms with E-state index in [1.807, 2.05) is 13.8 Å². The molecule has 2 heterocycles. The molecule has 0 aliphatic carbocycles. The van der Waals surface area contributed by atoms with Crippen molar-refractivity contribution in [3.8, 4) is 0 Å². The van der Waals surface area contributed by atoms with Crippen LogP contribution >= 0.6 is 0 Å². The Morgan fingerprint density at radius 2 is 2.17 bits per heavy atom. The number of H-pyrrole nitrogens is 1. The van der Waals surface area contributed by atoms with Crippen LogP contribution < -0.4 is 10.6 Å². The highest BCUT2D eigenvalue weighted by Gasteiger charge is 2.24. The Hall–Kier alpha value is -1.40. The standard InChI is InChI=1S/C12H21N5O/c1-9(11-14-3-4-15-11)16-12(18)10(2)17-7-5-13-6-8-17/h3-4,9-10,13H,5-8H2,1-2H3,(H,14,15)(H,16,18). The molecule has 2 rings (SSSR count). The molecule has 6 nitrogen and oxygen atoms in total. The number of nitrogens with zero attached hydrogens (tertiary/aromatic N) is 2. The molecule has 1 aliphatic rings. The third-order valence-corrected chi connectivity index (χ3v) is 3.37. The predicted octanol–water partition coefficient (Wildman–Crippen LogP) is -0.119. The third kappa shape index (κ3) is 3.08. The fraction of sp³-hybridized carbons (Fsp3) is 0.667. The second-order valence-corrected chi connectivity index (χ2v) is 4.67. The Bertz CT molecular complexity index is 372. The minimum Gasteiger partial charge on any atom is -0.347 e. The first-order valence-electron chi connectivity index (χ1n) is 6.43. The van der Waals surface area contributed by atoms with Crippen LogP contribution in [0.3, 0.4) is 0 Å². The lowest BCUT2D eigenvalue weighted by Gasteiger charge is -2.32. The van der Waals surface area contributed by atoms with Crippen molar-refractivity contribution in [2.24, 2.45) is 0 Å². The van der Waals surface area contributed by atoms with Crippen LogP contribution in [-0.2, 0) is 4.79 Å². The highest BCUT2D eigenvalue weighted by molar-refractivity contribution is 5.81. The summed E-state index contributed by atoms with van der Waals surface area (Å²) in [5.74, 6) is 0.844. The van der Waals surface area contributed by atoms with Gasteiger partial charge in [-0.2, -0.15) is 0 Å². The summed E-state index contributed by atoms with van der Waals surface area (Å²) in [5, 5.41) is 6.27. The van der Waals surface area contributed by atoms with Crippen LogP contribution in [0.4, 0.5) is 0 Å². The van der Waals surface area contributed by atoms with Crippen molar-refractivity contribution < 1.29 is 4.79 Å². The van der Waals surface area contributed by atoms with Crippen LogP contribution in [0.25, 0.3) is 0 Å². The van der Waals surface area contributed by atoms with Gasteiger partial charge in [-0.3, -0.25) is 9.69 Å². The van der Waals surface area contributed by atoms with E-state index in [0.717, 1.165) is 32.0 Å². The summed E-state index contributed by atoms with van der Waals surface area (Å²) in [4.78, 5) is 21.5. The monoisotopic (exact) mass is 251 g/mol. The highest BCUT2D eigenvalue weighted by atomic mass is 16.2. The third-order valence-electron chi connectivity index (χ3n) is 3.37. The molecule has 6 heteroatoms.